The van der Waals surface area contributed by atoms with Crippen LogP contribution in [0.3, 0.4) is 0 Å². The number of rotatable bonds is 4. The summed E-state index contributed by atoms with van der Waals surface area (Å²) in [7, 11) is 0. The van der Waals surface area contributed by atoms with Crippen molar-refractivity contribution in [3.63, 3.8) is 0 Å². The molecule has 0 N–H and O–H groups in total. The predicted molar refractivity (Wildman–Crippen MR) is 70.7 cm³/mol. The van der Waals surface area contributed by atoms with E-state index in [1.165, 1.54) is 5.56 Å². The summed E-state index contributed by atoms with van der Waals surface area (Å²) in [4.78, 5) is 4.28. The largest absolute Gasteiger partial charge is 0.250 e. The summed E-state index contributed by atoms with van der Waals surface area (Å²) in [6.45, 7) is 0. The first-order chi connectivity index (χ1) is 7.79. The average molecular weight is 272 g/mol. The summed E-state index contributed by atoms with van der Waals surface area (Å²) in [6, 6.07) is 7.86. The first-order valence-electron chi connectivity index (χ1n) is 4.98. The number of aromatic nitrogens is 1. The number of nitrogens with zero attached hydrogens (tertiary/aromatic N) is 1. The number of alkyl halides is 1. The molecule has 0 saturated heterocycles. The number of thiazole rings is 1. The van der Waals surface area contributed by atoms with Gasteiger partial charge in [0.2, 0.25) is 0 Å². The van der Waals surface area contributed by atoms with E-state index in [-0.39, 0.29) is 0 Å². The SMILES string of the molecule is ClCC(Cc1cscn1)c1ccc(Cl)cc1. The molecular weight excluding hydrogens is 261 g/mol. The van der Waals surface area contributed by atoms with Crippen LogP contribution in [-0.4, -0.2) is 10.9 Å². The second-order valence-electron chi connectivity index (χ2n) is 3.59. The van der Waals surface area contributed by atoms with Crippen LogP contribution in [0.5, 0.6) is 0 Å². The van der Waals surface area contributed by atoms with E-state index in [1.54, 1.807) is 11.3 Å². The van der Waals surface area contributed by atoms with Crippen LogP contribution >= 0.6 is 34.5 Å². The number of benzene rings is 1. The molecule has 0 saturated carbocycles. The van der Waals surface area contributed by atoms with E-state index in [0.717, 1.165) is 17.1 Å². The minimum Gasteiger partial charge on any atom is -0.250 e. The molecule has 0 aliphatic carbocycles. The fraction of sp³-hybridized carbons (Fsp3) is 0.250. The van der Waals surface area contributed by atoms with Gasteiger partial charge in [-0.05, 0) is 24.1 Å². The van der Waals surface area contributed by atoms with E-state index >= 15 is 0 Å². The van der Waals surface area contributed by atoms with Crippen molar-refractivity contribution in [1.82, 2.24) is 4.98 Å². The lowest BCUT2D eigenvalue weighted by Gasteiger charge is -2.12. The molecule has 0 bridgehead atoms. The van der Waals surface area contributed by atoms with Gasteiger partial charge >= 0.3 is 0 Å². The van der Waals surface area contributed by atoms with Crippen molar-refractivity contribution in [2.75, 3.05) is 5.88 Å². The Balaban J connectivity index is 2.13. The molecule has 4 heteroatoms. The third kappa shape index (κ3) is 2.97. The predicted octanol–water partition coefficient (Wildman–Crippen LogP) is 4.36. The topological polar surface area (TPSA) is 12.9 Å². The minimum atomic E-state index is 0.307. The summed E-state index contributed by atoms with van der Waals surface area (Å²) in [5.41, 5.74) is 4.17. The highest BCUT2D eigenvalue weighted by Crippen LogP contribution is 2.23. The lowest BCUT2D eigenvalue weighted by Crippen LogP contribution is -2.04. The van der Waals surface area contributed by atoms with Crippen LogP contribution in [-0.2, 0) is 6.42 Å². The highest BCUT2D eigenvalue weighted by Gasteiger charge is 2.12. The Morgan fingerprint density at radius 2 is 2.00 bits per heavy atom. The molecule has 1 nitrogen and oxygen atoms in total. The van der Waals surface area contributed by atoms with Crippen LogP contribution in [0.25, 0.3) is 0 Å². The quantitative estimate of drug-likeness (QED) is 0.753. The first kappa shape index (κ1) is 11.9. The van der Waals surface area contributed by atoms with Crippen molar-refractivity contribution in [2.45, 2.75) is 12.3 Å². The van der Waals surface area contributed by atoms with Crippen molar-refractivity contribution in [3.05, 3.63) is 51.4 Å². The Bertz CT molecular complexity index is 425. The molecule has 0 spiro atoms. The summed E-state index contributed by atoms with van der Waals surface area (Å²) in [5.74, 6) is 0.903. The van der Waals surface area contributed by atoms with Gasteiger partial charge in [-0.15, -0.1) is 22.9 Å². The second-order valence-corrected chi connectivity index (χ2v) is 5.05. The van der Waals surface area contributed by atoms with Gasteiger partial charge in [0, 0.05) is 22.2 Å². The number of halogens is 2. The number of hydrogen-bond donors (Lipinski definition) is 0. The van der Waals surface area contributed by atoms with Crippen LogP contribution < -0.4 is 0 Å². The molecule has 1 aromatic heterocycles. The maximum Gasteiger partial charge on any atom is 0.0794 e. The molecular formula is C12H11Cl2NS. The summed E-state index contributed by atoms with van der Waals surface area (Å²) < 4.78 is 0. The summed E-state index contributed by atoms with van der Waals surface area (Å²) >= 11 is 13.5. The Labute approximate surface area is 109 Å². The van der Waals surface area contributed by atoms with Gasteiger partial charge in [0.05, 0.1) is 11.2 Å². The van der Waals surface area contributed by atoms with Crippen molar-refractivity contribution in [3.8, 4) is 0 Å². The van der Waals surface area contributed by atoms with Gasteiger partial charge < -0.3 is 0 Å². The molecule has 2 aromatic rings. The third-order valence-electron chi connectivity index (χ3n) is 2.47. The molecule has 2 rings (SSSR count). The first-order valence-corrected chi connectivity index (χ1v) is 6.83. The molecule has 84 valence electrons. The van der Waals surface area contributed by atoms with Gasteiger partial charge in [-0.1, -0.05) is 23.7 Å². The molecule has 1 aromatic carbocycles. The smallest absolute Gasteiger partial charge is 0.0794 e. The molecule has 1 heterocycles. The van der Waals surface area contributed by atoms with Crippen LogP contribution in [0.2, 0.25) is 5.02 Å². The number of hydrogen-bond acceptors (Lipinski definition) is 2. The minimum absolute atomic E-state index is 0.307. The van der Waals surface area contributed by atoms with Crippen molar-refractivity contribution < 1.29 is 0 Å². The zero-order chi connectivity index (χ0) is 11.4. The Hall–Kier alpha value is -0.570. The lowest BCUT2D eigenvalue weighted by molar-refractivity contribution is 0.752. The highest BCUT2D eigenvalue weighted by atomic mass is 35.5. The van der Waals surface area contributed by atoms with E-state index in [0.29, 0.717) is 11.8 Å². The van der Waals surface area contributed by atoms with Gasteiger partial charge in [0.25, 0.3) is 0 Å². The average Bonchev–Trinajstić information content (AvgIpc) is 2.80. The van der Waals surface area contributed by atoms with E-state index in [1.807, 2.05) is 29.8 Å². The summed E-state index contributed by atoms with van der Waals surface area (Å²) in [6.07, 6.45) is 0.884. The van der Waals surface area contributed by atoms with Crippen LogP contribution in [0.15, 0.2) is 35.2 Å². The zero-order valence-electron chi connectivity index (χ0n) is 8.57. The second kappa shape index (κ2) is 5.67. The maximum atomic E-state index is 6.00. The fourth-order valence-corrected chi connectivity index (χ4v) is 2.57. The monoisotopic (exact) mass is 271 g/mol. The van der Waals surface area contributed by atoms with Gasteiger partial charge in [-0.2, -0.15) is 0 Å². The van der Waals surface area contributed by atoms with Gasteiger partial charge in [-0.25, -0.2) is 4.98 Å². The Kier molecular flexibility index (Phi) is 4.22. The van der Waals surface area contributed by atoms with Crippen LogP contribution in [0.1, 0.15) is 17.2 Å². The fourth-order valence-electron chi connectivity index (χ4n) is 1.59. The van der Waals surface area contributed by atoms with Crippen LogP contribution in [0, 0.1) is 0 Å². The molecule has 0 aliphatic heterocycles. The third-order valence-corrected chi connectivity index (χ3v) is 3.73. The van der Waals surface area contributed by atoms with Crippen molar-refractivity contribution >= 4 is 34.5 Å². The molecule has 1 unspecified atom stereocenters. The normalized spacial score (nSPS) is 12.6. The van der Waals surface area contributed by atoms with Crippen molar-refractivity contribution in [1.29, 1.82) is 0 Å². The van der Waals surface area contributed by atoms with E-state index < -0.39 is 0 Å². The van der Waals surface area contributed by atoms with Gasteiger partial charge in [-0.3, -0.25) is 0 Å². The highest BCUT2D eigenvalue weighted by molar-refractivity contribution is 7.07. The Morgan fingerprint density at radius 3 is 2.56 bits per heavy atom. The molecule has 16 heavy (non-hydrogen) atoms. The lowest BCUT2D eigenvalue weighted by atomic mass is 9.96. The van der Waals surface area contributed by atoms with Gasteiger partial charge in [0.1, 0.15) is 0 Å². The van der Waals surface area contributed by atoms with E-state index in [4.69, 9.17) is 23.2 Å². The Morgan fingerprint density at radius 1 is 1.25 bits per heavy atom. The van der Waals surface area contributed by atoms with Gasteiger partial charge in [0.15, 0.2) is 0 Å². The molecule has 0 aliphatic rings. The van der Waals surface area contributed by atoms with Crippen LogP contribution in [0.4, 0.5) is 0 Å². The summed E-state index contributed by atoms with van der Waals surface area (Å²) in [5, 5.41) is 2.82. The molecule has 0 radical (unpaired) electrons. The van der Waals surface area contributed by atoms with E-state index in [9.17, 15) is 0 Å². The standard InChI is InChI=1S/C12H11Cl2NS/c13-6-10(5-12-7-16-8-15-12)9-1-3-11(14)4-2-9/h1-4,7-8,10H,5-6H2. The van der Waals surface area contributed by atoms with E-state index in [2.05, 4.69) is 10.4 Å². The van der Waals surface area contributed by atoms with Crippen molar-refractivity contribution in [2.24, 2.45) is 0 Å². The molecule has 1 atom stereocenters. The zero-order valence-corrected chi connectivity index (χ0v) is 10.9. The maximum absolute atomic E-state index is 6.00. The molecule has 0 amide bonds. The molecule has 0 fully saturated rings.